The summed E-state index contributed by atoms with van der Waals surface area (Å²) in [5.41, 5.74) is 7.03. The number of unbranched alkanes of at least 4 members (excludes halogenated alkanes) is 2. The van der Waals surface area contributed by atoms with E-state index >= 15 is 0 Å². The van der Waals surface area contributed by atoms with Gasteiger partial charge in [-0.25, -0.2) is 0 Å². The van der Waals surface area contributed by atoms with Crippen molar-refractivity contribution in [2.24, 2.45) is 11.7 Å². The fraction of sp³-hybridized carbons (Fsp3) is 0.692. The van der Waals surface area contributed by atoms with Gasteiger partial charge in [0, 0.05) is 36.1 Å². The van der Waals surface area contributed by atoms with Crippen LogP contribution in [-0.2, 0) is 4.79 Å². The second-order valence-electron chi connectivity index (χ2n) is 10.6. The molecule has 1 aromatic rings. The maximum atomic E-state index is 13.5. The highest BCUT2D eigenvalue weighted by Crippen LogP contribution is 2.42. The van der Waals surface area contributed by atoms with Crippen LogP contribution < -0.4 is 16.0 Å². The molecule has 0 aliphatic carbocycles. The average Bonchev–Trinajstić information content (AvgIpc) is 3.24. The highest BCUT2D eigenvalue weighted by Gasteiger charge is 2.36. The molecule has 4 rings (SSSR count). The van der Waals surface area contributed by atoms with Gasteiger partial charge in [-0.1, -0.05) is 31.4 Å². The van der Waals surface area contributed by atoms with E-state index in [4.69, 9.17) is 11.1 Å². The third kappa shape index (κ3) is 6.04. The highest BCUT2D eigenvalue weighted by atomic mass is 32.2. The molecule has 1 amide bonds. The fourth-order valence-electron chi connectivity index (χ4n) is 5.90. The first kappa shape index (κ1) is 24.4. The summed E-state index contributed by atoms with van der Waals surface area (Å²) >= 11 is 1.72. The summed E-state index contributed by atoms with van der Waals surface area (Å²) in [5, 5.41) is 11.5. The van der Waals surface area contributed by atoms with Gasteiger partial charge in [0.1, 0.15) is 0 Å². The first-order chi connectivity index (χ1) is 15.8. The predicted octanol–water partition coefficient (Wildman–Crippen LogP) is 4.58. The molecular formula is C26H41N5OS. The zero-order valence-corrected chi connectivity index (χ0v) is 21.1. The number of guanidine groups is 1. The molecule has 0 spiro atoms. The topological polar surface area (TPSA) is 85.5 Å². The molecule has 7 heteroatoms. The van der Waals surface area contributed by atoms with E-state index in [1.165, 1.54) is 37.0 Å². The van der Waals surface area contributed by atoms with Crippen LogP contribution >= 0.6 is 11.8 Å². The largest absolute Gasteiger partial charge is 0.370 e. The number of carbonyl (C=O) groups is 1. The van der Waals surface area contributed by atoms with Gasteiger partial charge < -0.3 is 20.9 Å². The van der Waals surface area contributed by atoms with Gasteiger partial charge in [-0.3, -0.25) is 10.2 Å². The van der Waals surface area contributed by atoms with Crippen molar-refractivity contribution in [3.8, 4) is 0 Å². The summed E-state index contributed by atoms with van der Waals surface area (Å²) in [6, 6.07) is 8.99. The number of thioether (sulfide) groups is 1. The SMILES string of the molecule is C[C@H]1CCC[C@@](C)(CCCCCN2C(=O)C(CC3CCN(C(=N)N)C3)Sc3ccccc32)N1. The number of benzene rings is 1. The molecule has 0 bridgehead atoms. The van der Waals surface area contributed by atoms with E-state index in [9.17, 15) is 4.79 Å². The normalized spacial score (nSPS) is 29.9. The maximum absolute atomic E-state index is 13.5. The van der Waals surface area contributed by atoms with Crippen molar-refractivity contribution in [1.29, 1.82) is 5.41 Å². The van der Waals surface area contributed by atoms with Crippen molar-refractivity contribution in [3.63, 3.8) is 0 Å². The van der Waals surface area contributed by atoms with Crippen LogP contribution in [0.15, 0.2) is 29.2 Å². The summed E-state index contributed by atoms with van der Waals surface area (Å²) in [7, 11) is 0. The summed E-state index contributed by atoms with van der Waals surface area (Å²) in [5.74, 6) is 0.835. The van der Waals surface area contributed by atoms with Crippen LogP contribution in [0.1, 0.15) is 71.6 Å². The van der Waals surface area contributed by atoms with Crippen molar-refractivity contribution >= 4 is 29.3 Å². The number of para-hydroxylation sites is 1. The van der Waals surface area contributed by atoms with Crippen molar-refractivity contribution in [1.82, 2.24) is 10.2 Å². The van der Waals surface area contributed by atoms with Crippen LogP contribution in [0.5, 0.6) is 0 Å². The number of anilines is 1. The van der Waals surface area contributed by atoms with Crippen molar-refractivity contribution in [2.75, 3.05) is 24.5 Å². The van der Waals surface area contributed by atoms with Gasteiger partial charge in [-0.15, -0.1) is 11.8 Å². The smallest absolute Gasteiger partial charge is 0.240 e. The molecule has 0 saturated carbocycles. The molecule has 4 atom stereocenters. The fourth-order valence-corrected chi connectivity index (χ4v) is 7.26. The van der Waals surface area contributed by atoms with E-state index in [1.807, 2.05) is 11.0 Å². The van der Waals surface area contributed by atoms with Crippen LogP contribution in [0.4, 0.5) is 5.69 Å². The number of hydrogen-bond acceptors (Lipinski definition) is 4. The first-order valence-electron chi connectivity index (χ1n) is 12.8. The zero-order chi connectivity index (χ0) is 23.4. The second kappa shape index (κ2) is 10.7. The van der Waals surface area contributed by atoms with E-state index in [1.54, 1.807) is 11.8 Å². The van der Waals surface area contributed by atoms with Crippen LogP contribution in [0.3, 0.4) is 0 Å². The number of hydrogen-bond donors (Lipinski definition) is 3. The number of carbonyl (C=O) groups excluding carboxylic acids is 1. The van der Waals surface area contributed by atoms with E-state index in [2.05, 4.69) is 42.3 Å². The number of piperidine rings is 1. The molecule has 1 aromatic carbocycles. The monoisotopic (exact) mass is 471 g/mol. The Morgan fingerprint density at radius 2 is 2.09 bits per heavy atom. The first-order valence-corrected chi connectivity index (χ1v) is 13.7. The molecule has 2 fully saturated rings. The Labute approximate surface area is 203 Å². The van der Waals surface area contributed by atoms with Crippen molar-refractivity contribution < 1.29 is 4.79 Å². The van der Waals surface area contributed by atoms with E-state index in [-0.39, 0.29) is 22.7 Å². The number of fused-ring (bicyclic) bond motifs is 1. The number of nitrogens with two attached hydrogens (primary N) is 1. The molecule has 3 aliphatic heterocycles. The Balaban J connectivity index is 1.31. The number of nitrogens with one attached hydrogen (secondary N) is 2. The summed E-state index contributed by atoms with van der Waals surface area (Å²) in [4.78, 5) is 18.7. The molecule has 182 valence electrons. The number of likely N-dealkylation sites (tertiary alicyclic amines) is 1. The minimum Gasteiger partial charge on any atom is -0.370 e. The Morgan fingerprint density at radius 3 is 2.85 bits per heavy atom. The Kier molecular flexibility index (Phi) is 7.90. The Hall–Kier alpha value is -1.73. The molecule has 6 nitrogen and oxygen atoms in total. The third-order valence-electron chi connectivity index (χ3n) is 7.71. The molecule has 2 saturated heterocycles. The van der Waals surface area contributed by atoms with Gasteiger partial charge in [-0.05, 0) is 70.4 Å². The van der Waals surface area contributed by atoms with Gasteiger partial charge in [0.05, 0.1) is 10.9 Å². The number of rotatable bonds is 8. The second-order valence-corrected chi connectivity index (χ2v) is 11.8. The molecule has 4 N–H and O–H groups in total. The lowest BCUT2D eigenvalue weighted by Gasteiger charge is -2.39. The molecule has 3 heterocycles. The average molecular weight is 472 g/mol. The minimum absolute atomic E-state index is 0.0383. The lowest BCUT2D eigenvalue weighted by molar-refractivity contribution is -0.118. The van der Waals surface area contributed by atoms with Crippen LogP contribution in [0, 0.1) is 11.3 Å². The van der Waals surface area contributed by atoms with Crippen LogP contribution in [0.25, 0.3) is 0 Å². The predicted molar refractivity (Wildman–Crippen MR) is 138 cm³/mol. The Morgan fingerprint density at radius 1 is 1.27 bits per heavy atom. The number of nitrogens with zero attached hydrogens (tertiary/aromatic N) is 2. The zero-order valence-electron chi connectivity index (χ0n) is 20.3. The van der Waals surface area contributed by atoms with Gasteiger partial charge in [0.25, 0.3) is 0 Å². The summed E-state index contributed by atoms with van der Waals surface area (Å²) < 4.78 is 0. The lowest BCUT2D eigenvalue weighted by atomic mass is 9.84. The standard InChI is InChI=1S/C26H41N5OS/c1-19-9-8-14-26(2,29-19)13-6-3-7-15-31-21-10-4-5-11-22(21)33-23(24(31)32)17-20-12-16-30(18-20)25(27)28/h4-5,10-11,19-20,23,29H,3,6-9,12-18H2,1-2H3,(H3,27,28)/t19-,20?,23?,26+/m0/s1. The summed E-state index contributed by atoms with van der Waals surface area (Å²) in [6.07, 6.45) is 10.4. The highest BCUT2D eigenvalue weighted by molar-refractivity contribution is 8.01. The minimum atomic E-state index is -0.0383. The van der Waals surface area contributed by atoms with Crippen LogP contribution in [-0.4, -0.2) is 53.2 Å². The van der Waals surface area contributed by atoms with Gasteiger partial charge in [-0.2, -0.15) is 0 Å². The quantitative estimate of drug-likeness (QED) is 0.294. The van der Waals surface area contributed by atoms with Gasteiger partial charge >= 0.3 is 0 Å². The molecule has 0 radical (unpaired) electrons. The van der Waals surface area contributed by atoms with Crippen molar-refractivity contribution in [3.05, 3.63) is 24.3 Å². The molecular weight excluding hydrogens is 430 g/mol. The molecule has 0 aromatic heterocycles. The molecule has 3 aliphatic rings. The molecule has 33 heavy (non-hydrogen) atoms. The van der Waals surface area contributed by atoms with E-state index in [0.717, 1.165) is 51.0 Å². The third-order valence-corrected chi connectivity index (χ3v) is 8.99. The Bertz CT molecular complexity index is 848. The van der Waals surface area contributed by atoms with Crippen LogP contribution in [0.2, 0.25) is 0 Å². The van der Waals surface area contributed by atoms with E-state index < -0.39 is 0 Å². The maximum Gasteiger partial charge on any atom is 0.240 e. The number of amides is 1. The lowest BCUT2D eigenvalue weighted by Crippen LogP contribution is -2.50. The van der Waals surface area contributed by atoms with Gasteiger partial charge in [0.15, 0.2) is 5.96 Å². The molecule has 2 unspecified atom stereocenters. The van der Waals surface area contributed by atoms with Crippen molar-refractivity contribution in [2.45, 2.75) is 93.4 Å². The van der Waals surface area contributed by atoms with Gasteiger partial charge in [0.2, 0.25) is 5.91 Å². The van der Waals surface area contributed by atoms with E-state index in [0.29, 0.717) is 12.0 Å². The summed E-state index contributed by atoms with van der Waals surface area (Å²) in [6.45, 7) is 7.11.